The third kappa shape index (κ3) is 2.62. The van der Waals surface area contributed by atoms with Crippen LogP contribution in [0.1, 0.15) is 23.7 Å². The molecule has 0 aliphatic rings. The number of hydrogen-bond donors (Lipinski definition) is 1. The van der Waals surface area contributed by atoms with Crippen molar-refractivity contribution in [1.82, 2.24) is 14.3 Å². The first kappa shape index (κ1) is 14.7. The number of rotatable bonds is 4. The largest absolute Gasteiger partial charge is 0.480 e. The van der Waals surface area contributed by atoms with Gasteiger partial charge in [-0.05, 0) is 18.6 Å². The maximum absolute atomic E-state index is 12.3. The Balaban J connectivity index is 2.47. The molecule has 0 aliphatic carbocycles. The fourth-order valence-electron chi connectivity index (χ4n) is 2.12. The molecule has 0 aliphatic heterocycles. The summed E-state index contributed by atoms with van der Waals surface area (Å²) in [4.78, 5) is 40.8. The molecule has 1 N–H and O–H groups in total. The zero-order chi connectivity index (χ0) is 15.6. The molecule has 21 heavy (non-hydrogen) atoms. The van der Waals surface area contributed by atoms with E-state index in [-0.39, 0.29) is 12.0 Å². The fraction of sp³-hybridized carbons (Fsp3) is 0.286. The molecule has 0 saturated carbocycles. The standard InChI is InChI=1S/C14H15N3O4/c1-3-10(14(20)21)16(2)12(18)9-8-15-11-6-4-5-7-17(11)13(9)19/h4-8,10H,3H2,1-2H3,(H,20,21). The Morgan fingerprint density at radius 2 is 2.14 bits per heavy atom. The molecule has 0 spiro atoms. The number of carbonyl (C=O) groups excluding carboxylic acids is 1. The first-order chi connectivity index (χ1) is 9.97. The summed E-state index contributed by atoms with van der Waals surface area (Å²) in [5.41, 5.74) is -0.245. The summed E-state index contributed by atoms with van der Waals surface area (Å²) < 4.78 is 1.25. The van der Waals surface area contributed by atoms with Crippen LogP contribution >= 0.6 is 0 Å². The van der Waals surface area contributed by atoms with Crippen LogP contribution in [0.5, 0.6) is 0 Å². The Morgan fingerprint density at radius 3 is 2.76 bits per heavy atom. The molecule has 1 atom stereocenters. The van der Waals surface area contributed by atoms with Gasteiger partial charge >= 0.3 is 5.97 Å². The van der Waals surface area contributed by atoms with E-state index in [1.165, 1.54) is 23.8 Å². The van der Waals surface area contributed by atoms with Crippen LogP contribution in [0, 0.1) is 0 Å². The van der Waals surface area contributed by atoms with Crippen molar-refractivity contribution in [3.05, 3.63) is 46.5 Å². The van der Waals surface area contributed by atoms with Crippen molar-refractivity contribution in [1.29, 1.82) is 0 Å². The van der Waals surface area contributed by atoms with Gasteiger partial charge in [-0.2, -0.15) is 0 Å². The first-order valence-electron chi connectivity index (χ1n) is 6.43. The molecule has 0 fully saturated rings. The number of pyridine rings is 1. The van der Waals surface area contributed by atoms with Crippen molar-refractivity contribution in [3.8, 4) is 0 Å². The summed E-state index contributed by atoms with van der Waals surface area (Å²) in [5, 5.41) is 9.09. The lowest BCUT2D eigenvalue weighted by Crippen LogP contribution is -2.44. The second kappa shape index (κ2) is 5.74. The molecule has 2 heterocycles. The molecule has 0 bridgehead atoms. The van der Waals surface area contributed by atoms with E-state index in [4.69, 9.17) is 5.11 Å². The fourth-order valence-corrected chi connectivity index (χ4v) is 2.12. The monoisotopic (exact) mass is 289 g/mol. The molecule has 110 valence electrons. The zero-order valence-electron chi connectivity index (χ0n) is 11.7. The highest BCUT2D eigenvalue weighted by molar-refractivity contribution is 5.96. The first-order valence-corrected chi connectivity index (χ1v) is 6.43. The van der Waals surface area contributed by atoms with Gasteiger partial charge in [-0.1, -0.05) is 13.0 Å². The van der Waals surface area contributed by atoms with Crippen LogP contribution in [-0.4, -0.2) is 44.4 Å². The number of likely N-dealkylation sites (N-methyl/N-ethyl adjacent to an activating group) is 1. The van der Waals surface area contributed by atoms with Crippen molar-refractivity contribution in [2.45, 2.75) is 19.4 Å². The number of aliphatic carboxylic acids is 1. The van der Waals surface area contributed by atoms with E-state index in [1.54, 1.807) is 25.1 Å². The summed E-state index contributed by atoms with van der Waals surface area (Å²) in [5.74, 6) is -1.76. The number of carboxylic acids is 1. The van der Waals surface area contributed by atoms with Crippen molar-refractivity contribution in [3.63, 3.8) is 0 Å². The topological polar surface area (TPSA) is 92.0 Å². The summed E-state index contributed by atoms with van der Waals surface area (Å²) >= 11 is 0. The Labute approximate surface area is 120 Å². The number of aromatic nitrogens is 2. The molecular formula is C14H15N3O4. The summed E-state index contributed by atoms with van der Waals surface area (Å²) in [6.45, 7) is 1.66. The van der Waals surface area contributed by atoms with Crippen molar-refractivity contribution >= 4 is 17.5 Å². The summed E-state index contributed by atoms with van der Waals surface area (Å²) in [6.07, 6.45) is 2.95. The third-order valence-electron chi connectivity index (χ3n) is 3.30. The molecule has 2 aromatic heterocycles. The second-order valence-corrected chi connectivity index (χ2v) is 4.58. The van der Waals surface area contributed by atoms with Crippen molar-refractivity contribution in [2.24, 2.45) is 0 Å². The maximum Gasteiger partial charge on any atom is 0.326 e. The normalized spacial score (nSPS) is 12.1. The van der Waals surface area contributed by atoms with Crippen LogP contribution in [-0.2, 0) is 4.79 Å². The van der Waals surface area contributed by atoms with E-state index >= 15 is 0 Å². The predicted octanol–water partition coefficient (Wildman–Crippen LogP) is 0.630. The molecule has 0 radical (unpaired) electrons. The minimum atomic E-state index is -1.11. The predicted molar refractivity (Wildman–Crippen MR) is 75.3 cm³/mol. The van der Waals surface area contributed by atoms with Gasteiger partial charge in [-0.3, -0.25) is 14.0 Å². The van der Waals surface area contributed by atoms with Gasteiger partial charge in [0.1, 0.15) is 17.3 Å². The summed E-state index contributed by atoms with van der Waals surface area (Å²) in [7, 11) is 1.36. The molecule has 1 unspecified atom stereocenters. The van der Waals surface area contributed by atoms with Crippen LogP contribution in [0.15, 0.2) is 35.4 Å². The number of amides is 1. The lowest BCUT2D eigenvalue weighted by molar-refractivity contribution is -0.142. The number of carboxylic acid groups (broad SMARTS) is 1. The molecule has 2 rings (SSSR count). The average molecular weight is 289 g/mol. The minimum absolute atomic E-state index is 0.152. The van der Waals surface area contributed by atoms with Gasteiger partial charge in [0, 0.05) is 19.4 Å². The highest BCUT2D eigenvalue weighted by Gasteiger charge is 2.27. The highest BCUT2D eigenvalue weighted by Crippen LogP contribution is 2.07. The van der Waals surface area contributed by atoms with Gasteiger partial charge in [0.2, 0.25) is 0 Å². The van der Waals surface area contributed by atoms with E-state index in [0.717, 1.165) is 4.90 Å². The van der Waals surface area contributed by atoms with Crippen LogP contribution in [0.3, 0.4) is 0 Å². The minimum Gasteiger partial charge on any atom is -0.480 e. The van der Waals surface area contributed by atoms with Gasteiger partial charge in [0.05, 0.1) is 0 Å². The quantitative estimate of drug-likeness (QED) is 0.891. The molecule has 0 saturated heterocycles. The van der Waals surface area contributed by atoms with Gasteiger partial charge in [0.15, 0.2) is 0 Å². The lowest BCUT2D eigenvalue weighted by Gasteiger charge is -2.23. The number of hydrogen-bond acceptors (Lipinski definition) is 4. The molecule has 0 aromatic carbocycles. The van der Waals surface area contributed by atoms with E-state index in [2.05, 4.69) is 4.98 Å². The van der Waals surface area contributed by atoms with E-state index < -0.39 is 23.5 Å². The van der Waals surface area contributed by atoms with Crippen LogP contribution in [0.4, 0.5) is 0 Å². The Hall–Kier alpha value is -2.70. The highest BCUT2D eigenvalue weighted by atomic mass is 16.4. The zero-order valence-corrected chi connectivity index (χ0v) is 11.7. The third-order valence-corrected chi connectivity index (χ3v) is 3.30. The Morgan fingerprint density at radius 1 is 1.43 bits per heavy atom. The van der Waals surface area contributed by atoms with Gasteiger partial charge in [-0.25, -0.2) is 9.78 Å². The maximum atomic E-state index is 12.3. The van der Waals surface area contributed by atoms with Crippen molar-refractivity contribution < 1.29 is 14.7 Å². The molecular weight excluding hydrogens is 274 g/mol. The van der Waals surface area contributed by atoms with E-state index in [1.807, 2.05) is 0 Å². The second-order valence-electron chi connectivity index (χ2n) is 4.58. The molecule has 1 amide bonds. The van der Waals surface area contributed by atoms with E-state index in [9.17, 15) is 14.4 Å². The number of nitrogens with zero attached hydrogens (tertiary/aromatic N) is 3. The van der Waals surface area contributed by atoms with Crippen LogP contribution in [0.2, 0.25) is 0 Å². The summed E-state index contributed by atoms with van der Waals surface area (Å²) in [6, 6.07) is 4.05. The molecule has 2 aromatic rings. The van der Waals surface area contributed by atoms with E-state index in [0.29, 0.717) is 5.65 Å². The van der Waals surface area contributed by atoms with Crippen LogP contribution < -0.4 is 5.56 Å². The van der Waals surface area contributed by atoms with Gasteiger partial charge < -0.3 is 10.0 Å². The van der Waals surface area contributed by atoms with Crippen molar-refractivity contribution in [2.75, 3.05) is 7.05 Å². The molecule has 7 nitrogen and oxygen atoms in total. The number of fused-ring (bicyclic) bond motifs is 1. The number of carbonyl (C=O) groups is 2. The molecule has 7 heteroatoms. The Bertz CT molecular complexity index is 753. The SMILES string of the molecule is CCC(C(=O)O)N(C)C(=O)c1cnc2ccccn2c1=O. The average Bonchev–Trinajstić information content (AvgIpc) is 2.47. The van der Waals surface area contributed by atoms with Gasteiger partial charge in [-0.15, -0.1) is 0 Å². The Kier molecular flexibility index (Phi) is 4.02. The lowest BCUT2D eigenvalue weighted by atomic mass is 10.1. The smallest absolute Gasteiger partial charge is 0.326 e. The van der Waals surface area contributed by atoms with Gasteiger partial charge in [0.25, 0.3) is 11.5 Å². The van der Waals surface area contributed by atoms with Crippen LogP contribution in [0.25, 0.3) is 5.65 Å².